The van der Waals surface area contributed by atoms with E-state index in [4.69, 9.17) is 5.11 Å². The van der Waals surface area contributed by atoms with Gasteiger partial charge in [-0.3, -0.25) is 0 Å². The fourth-order valence-electron chi connectivity index (χ4n) is 2.19. The highest BCUT2D eigenvalue weighted by atomic mass is 16.4. The van der Waals surface area contributed by atoms with E-state index in [0.717, 1.165) is 5.92 Å². The molecule has 2 nitrogen and oxygen atoms in total. The van der Waals surface area contributed by atoms with Crippen molar-refractivity contribution >= 4 is 5.97 Å². The molecule has 0 bridgehead atoms. The van der Waals surface area contributed by atoms with Crippen LogP contribution >= 0.6 is 0 Å². The first-order valence-electron chi connectivity index (χ1n) is 5.55. The largest absolute Gasteiger partial charge is 0.478 e. The van der Waals surface area contributed by atoms with Crippen LogP contribution < -0.4 is 0 Å². The summed E-state index contributed by atoms with van der Waals surface area (Å²) in [4.78, 5) is 10.6. The minimum Gasteiger partial charge on any atom is -0.478 e. The molecule has 0 saturated heterocycles. The summed E-state index contributed by atoms with van der Waals surface area (Å²) >= 11 is 0. The second kappa shape index (κ2) is 5.18. The summed E-state index contributed by atoms with van der Waals surface area (Å²) in [5.74, 6) is 0.612. The molecule has 1 N–H and O–H groups in total. The van der Waals surface area contributed by atoms with Crippen molar-refractivity contribution in [1.82, 2.24) is 0 Å². The number of aliphatic carboxylic acids is 1. The van der Waals surface area contributed by atoms with Crippen molar-refractivity contribution in [1.29, 1.82) is 0 Å². The van der Waals surface area contributed by atoms with Crippen molar-refractivity contribution in [2.24, 2.45) is 11.8 Å². The first-order valence-corrected chi connectivity index (χ1v) is 5.55. The van der Waals surface area contributed by atoms with E-state index < -0.39 is 5.97 Å². The van der Waals surface area contributed by atoms with E-state index in [-0.39, 0.29) is 0 Å². The van der Waals surface area contributed by atoms with Crippen molar-refractivity contribution in [3.05, 3.63) is 11.6 Å². The van der Waals surface area contributed by atoms with Crippen LogP contribution in [0.5, 0.6) is 0 Å². The lowest BCUT2D eigenvalue weighted by molar-refractivity contribution is -0.132. The van der Waals surface area contributed by atoms with E-state index in [2.05, 4.69) is 6.92 Å². The molecule has 0 heterocycles. The van der Waals surface area contributed by atoms with E-state index >= 15 is 0 Å². The lowest BCUT2D eigenvalue weighted by atomic mass is 9.80. The molecule has 1 aliphatic carbocycles. The van der Waals surface area contributed by atoms with Crippen LogP contribution in [0.25, 0.3) is 0 Å². The Morgan fingerprint density at radius 1 is 1.36 bits per heavy atom. The summed E-state index contributed by atoms with van der Waals surface area (Å²) in [5, 5.41) is 8.74. The van der Waals surface area contributed by atoms with Crippen molar-refractivity contribution in [2.45, 2.75) is 46.0 Å². The van der Waals surface area contributed by atoms with E-state index in [0.29, 0.717) is 11.5 Å². The molecule has 0 aromatic heterocycles. The Morgan fingerprint density at radius 3 is 2.36 bits per heavy atom. The quantitative estimate of drug-likeness (QED) is 0.703. The van der Waals surface area contributed by atoms with E-state index in [1.165, 1.54) is 32.1 Å². The average molecular weight is 196 g/mol. The maximum absolute atomic E-state index is 10.6. The summed E-state index contributed by atoms with van der Waals surface area (Å²) in [5.41, 5.74) is 0.505. The van der Waals surface area contributed by atoms with Gasteiger partial charge in [0.2, 0.25) is 0 Å². The Balaban J connectivity index is 2.42. The van der Waals surface area contributed by atoms with Crippen LogP contribution in [0.1, 0.15) is 46.0 Å². The average Bonchev–Trinajstić information content (AvgIpc) is 2.19. The summed E-state index contributed by atoms with van der Waals surface area (Å²) in [6, 6.07) is 0. The molecule has 1 fully saturated rings. The van der Waals surface area contributed by atoms with Gasteiger partial charge in [0.05, 0.1) is 0 Å². The number of carboxylic acid groups (broad SMARTS) is 1. The fourth-order valence-corrected chi connectivity index (χ4v) is 2.19. The fraction of sp³-hybridized carbons (Fsp3) is 0.750. The van der Waals surface area contributed by atoms with Crippen molar-refractivity contribution < 1.29 is 9.90 Å². The van der Waals surface area contributed by atoms with Crippen LogP contribution in [0.4, 0.5) is 0 Å². The third kappa shape index (κ3) is 3.17. The summed E-state index contributed by atoms with van der Waals surface area (Å²) < 4.78 is 0. The zero-order chi connectivity index (χ0) is 10.6. The smallest absolute Gasteiger partial charge is 0.330 e. The number of allylic oxidation sites excluding steroid dienone is 1. The van der Waals surface area contributed by atoms with Gasteiger partial charge in [-0.2, -0.15) is 0 Å². The van der Waals surface area contributed by atoms with Gasteiger partial charge >= 0.3 is 5.97 Å². The van der Waals surface area contributed by atoms with Crippen molar-refractivity contribution in [3.63, 3.8) is 0 Å². The summed E-state index contributed by atoms with van der Waals surface area (Å²) in [7, 11) is 0. The van der Waals surface area contributed by atoms with Gasteiger partial charge in [-0.1, -0.05) is 19.4 Å². The second-order valence-corrected chi connectivity index (χ2v) is 4.34. The number of carbonyl (C=O) groups is 1. The highest BCUT2D eigenvalue weighted by Crippen LogP contribution is 2.31. The highest BCUT2D eigenvalue weighted by Gasteiger charge is 2.18. The maximum Gasteiger partial charge on any atom is 0.330 e. The summed E-state index contributed by atoms with van der Waals surface area (Å²) in [6.07, 6.45) is 8.09. The molecular formula is C12H20O2. The number of hydrogen-bond donors (Lipinski definition) is 1. The van der Waals surface area contributed by atoms with Gasteiger partial charge in [0.25, 0.3) is 0 Å². The Hall–Kier alpha value is -0.790. The number of carboxylic acids is 1. The molecule has 0 spiro atoms. The molecule has 80 valence electrons. The molecule has 0 amide bonds. The molecule has 2 heteroatoms. The van der Waals surface area contributed by atoms with Crippen LogP contribution in [0.15, 0.2) is 11.6 Å². The Morgan fingerprint density at radius 2 is 1.93 bits per heavy atom. The van der Waals surface area contributed by atoms with E-state index in [9.17, 15) is 4.79 Å². The molecule has 1 rings (SSSR count). The van der Waals surface area contributed by atoms with Gasteiger partial charge in [-0.25, -0.2) is 4.79 Å². The standard InChI is InChI=1S/C12H20O2/c1-3-10-4-6-11(7-5-10)8-9(2)12(13)14/h8,10-11H,3-7H2,1-2H3,(H,13,14)/b9-8+. The van der Waals surface area contributed by atoms with Crippen LogP contribution in [0.3, 0.4) is 0 Å². The van der Waals surface area contributed by atoms with Gasteiger partial charge in [-0.15, -0.1) is 0 Å². The predicted octanol–water partition coefficient (Wildman–Crippen LogP) is 3.23. The van der Waals surface area contributed by atoms with Gasteiger partial charge < -0.3 is 5.11 Å². The van der Waals surface area contributed by atoms with Crippen LogP contribution in [0.2, 0.25) is 0 Å². The topological polar surface area (TPSA) is 37.3 Å². The van der Waals surface area contributed by atoms with Gasteiger partial charge in [0, 0.05) is 5.57 Å². The molecule has 1 saturated carbocycles. The van der Waals surface area contributed by atoms with E-state index in [1.54, 1.807) is 6.92 Å². The van der Waals surface area contributed by atoms with Crippen LogP contribution in [-0.4, -0.2) is 11.1 Å². The lowest BCUT2D eigenvalue weighted by Gasteiger charge is -2.25. The molecular weight excluding hydrogens is 176 g/mol. The van der Waals surface area contributed by atoms with Crippen LogP contribution in [-0.2, 0) is 4.79 Å². The maximum atomic E-state index is 10.6. The highest BCUT2D eigenvalue weighted by molar-refractivity contribution is 5.85. The minimum atomic E-state index is -0.775. The van der Waals surface area contributed by atoms with E-state index in [1.807, 2.05) is 6.08 Å². The third-order valence-corrected chi connectivity index (χ3v) is 3.29. The Kier molecular flexibility index (Phi) is 4.18. The number of hydrogen-bond acceptors (Lipinski definition) is 1. The normalized spacial score (nSPS) is 28.9. The Bertz CT molecular complexity index is 222. The van der Waals surface area contributed by atoms with Crippen molar-refractivity contribution in [2.75, 3.05) is 0 Å². The zero-order valence-corrected chi connectivity index (χ0v) is 9.12. The second-order valence-electron chi connectivity index (χ2n) is 4.34. The zero-order valence-electron chi connectivity index (χ0n) is 9.12. The lowest BCUT2D eigenvalue weighted by Crippen LogP contribution is -2.13. The predicted molar refractivity (Wildman–Crippen MR) is 57.1 cm³/mol. The minimum absolute atomic E-state index is 0.505. The Labute approximate surface area is 86.0 Å². The molecule has 1 aliphatic rings. The molecule has 0 aromatic rings. The molecule has 0 aliphatic heterocycles. The molecule has 0 atom stereocenters. The van der Waals surface area contributed by atoms with Gasteiger partial charge in [0.15, 0.2) is 0 Å². The molecule has 0 unspecified atom stereocenters. The van der Waals surface area contributed by atoms with Gasteiger partial charge in [-0.05, 0) is 44.4 Å². The third-order valence-electron chi connectivity index (χ3n) is 3.29. The summed E-state index contributed by atoms with van der Waals surface area (Å²) in [6.45, 7) is 3.93. The molecule has 0 radical (unpaired) electrons. The molecule has 0 aromatic carbocycles. The first-order chi connectivity index (χ1) is 6.63. The van der Waals surface area contributed by atoms with Crippen LogP contribution in [0, 0.1) is 11.8 Å². The monoisotopic (exact) mass is 196 g/mol. The SMILES string of the molecule is CCC1CCC(/C=C(\C)C(=O)O)CC1. The van der Waals surface area contributed by atoms with Crippen molar-refractivity contribution in [3.8, 4) is 0 Å². The molecule has 14 heavy (non-hydrogen) atoms. The van der Waals surface area contributed by atoms with Gasteiger partial charge in [0.1, 0.15) is 0 Å². The number of rotatable bonds is 3. The first kappa shape index (κ1) is 11.3.